The van der Waals surface area contributed by atoms with E-state index in [2.05, 4.69) is 154 Å². The average molecular weight is 1490 g/mol. The number of hydrogen-bond donors (Lipinski definition) is 2. The zero-order valence-corrected chi connectivity index (χ0v) is 54.9. The van der Waals surface area contributed by atoms with Gasteiger partial charge < -0.3 is 24.4 Å². The number of aryl methyl sites for hydroxylation is 1. The van der Waals surface area contributed by atoms with E-state index in [-0.39, 0.29) is 135 Å². The van der Waals surface area contributed by atoms with Crippen LogP contribution < -0.4 is 5.30 Å². The van der Waals surface area contributed by atoms with Crippen molar-refractivity contribution in [1.29, 1.82) is 0 Å². The van der Waals surface area contributed by atoms with Crippen molar-refractivity contribution >= 4 is 106 Å². The number of esters is 6. The number of aliphatic carboxylic acids is 2. The van der Waals surface area contributed by atoms with Crippen molar-refractivity contribution in [2.75, 3.05) is 0 Å². The molecule has 10 fully saturated rings. The number of carbonyl (C=O) groups excluding carboxylic acids is 6. The summed E-state index contributed by atoms with van der Waals surface area (Å²) in [6.45, 7) is 4.44. The van der Waals surface area contributed by atoms with Crippen molar-refractivity contribution in [3.63, 3.8) is 0 Å². The number of benzene rings is 4. The molecule has 7 saturated carbocycles. The second kappa shape index (κ2) is 28.8. The minimum absolute atomic E-state index is 0. The van der Waals surface area contributed by atoms with Crippen LogP contribution in [0.4, 0.5) is 0 Å². The molecule has 6 bridgehead atoms. The fraction of sp³-hybridized carbons (Fsp3) is 0.500. The maximum absolute atomic E-state index is 12.2. The van der Waals surface area contributed by atoms with Crippen LogP contribution in [0.2, 0.25) is 0 Å². The molecule has 3 saturated heterocycles. The summed E-state index contributed by atoms with van der Waals surface area (Å²) in [6, 6.07) is 35.5. The number of carbonyl (C=O) groups is 8. The number of halogens is 2. The van der Waals surface area contributed by atoms with Crippen LogP contribution in [0.1, 0.15) is 139 Å². The number of allylic oxidation sites excluding steroid dienone is 2. The summed E-state index contributed by atoms with van der Waals surface area (Å²) in [5, 5.41) is 16.6. The standard InChI is InChI=1S/C25H33P.C24H22O6.C9H8O3.C6H4I2.2C2H4O2.Pd/c1-20-12-8-9-17-23(20)24-18-10-11-19-25(24)26(21-13-4-2-5-14-21)22-15-6-3-7-16-22;25-21-17-11-5-13(15(7-11)19(17)23(27)29-21)9-1-2-10(4-3-9)14-6-12-8-16(14)20-18(12)22(26)30-24(20)28;10-8-6-4-1-2-5(3-4)7(6)9(11)12-8;7-5-1-2-6(8)4-3-5;2*1-2(3)4;/h8-12,17-19,21-22H,2-7,13-16H2,1H3;1-4,11-20H,5-8H2;1-2,4-7H,3H2;1-4H;2*1H3,(H,3,4);. The molecule has 0 amide bonds. The summed E-state index contributed by atoms with van der Waals surface area (Å²) >= 11 is 4.59. The Labute approximate surface area is 540 Å². The summed E-state index contributed by atoms with van der Waals surface area (Å²) < 4.78 is 17.0. The summed E-state index contributed by atoms with van der Waals surface area (Å²) in [5.74, 6) is -2.70. The van der Waals surface area contributed by atoms with Crippen LogP contribution in [0.5, 0.6) is 0 Å². The molecule has 14 atom stereocenters. The van der Waals surface area contributed by atoms with Gasteiger partial charge >= 0.3 is 35.8 Å². The number of fused-ring (bicyclic) bond motifs is 15. The maximum atomic E-state index is 12.2. The summed E-state index contributed by atoms with van der Waals surface area (Å²) in [6.07, 6.45) is 23.5. The molecule has 454 valence electrons. The van der Waals surface area contributed by atoms with E-state index in [4.69, 9.17) is 29.3 Å². The van der Waals surface area contributed by atoms with E-state index >= 15 is 0 Å². The van der Waals surface area contributed by atoms with Crippen LogP contribution in [-0.4, -0.2) is 69.3 Å². The molecule has 15 rings (SSSR count). The molecule has 0 radical (unpaired) electrons. The predicted molar refractivity (Wildman–Crippen MR) is 335 cm³/mol. The molecule has 13 nitrogen and oxygen atoms in total. The van der Waals surface area contributed by atoms with E-state index in [9.17, 15) is 28.8 Å². The summed E-state index contributed by atoms with van der Waals surface area (Å²) in [5.41, 5.74) is 8.80. The normalized spacial score (nSPS) is 31.1. The quantitative estimate of drug-likeness (QED) is 0.0351. The van der Waals surface area contributed by atoms with Gasteiger partial charge in [-0.1, -0.05) is 131 Å². The Morgan fingerprint density at radius 1 is 0.459 bits per heavy atom. The van der Waals surface area contributed by atoms with Gasteiger partial charge in [-0.25, -0.2) is 0 Å². The number of ether oxygens (including phenoxy) is 3. The predicted octanol–water partition coefficient (Wildman–Crippen LogP) is 13.6. The van der Waals surface area contributed by atoms with Crippen molar-refractivity contribution in [3.05, 3.63) is 133 Å². The molecule has 2 N–H and O–H groups in total. The Kier molecular flexibility index (Phi) is 22.0. The van der Waals surface area contributed by atoms with Gasteiger partial charge in [0.05, 0.1) is 35.5 Å². The monoisotopic (exact) mass is 1490 g/mol. The van der Waals surface area contributed by atoms with Gasteiger partial charge in [0, 0.05) is 41.4 Å². The molecule has 11 aliphatic rings. The third kappa shape index (κ3) is 14.3. The molecule has 3 aliphatic heterocycles. The van der Waals surface area contributed by atoms with Crippen molar-refractivity contribution in [2.45, 2.75) is 140 Å². The van der Waals surface area contributed by atoms with E-state index in [0.29, 0.717) is 11.8 Å². The van der Waals surface area contributed by atoms with Crippen molar-refractivity contribution in [1.82, 2.24) is 0 Å². The smallest absolute Gasteiger partial charge is 0.318 e. The maximum Gasteiger partial charge on any atom is 0.318 e. The molecule has 0 aromatic heterocycles. The van der Waals surface area contributed by atoms with Crippen LogP contribution in [0.25, 0.3) is 11.1 Å². The zero-order chi connectivity index (χ0) is 59.5. The zero-order valence-electron chi connectivity index (χ0n) is 48.1. The molecular formula is C68H75I2O13PPd. The van der Waals surface area contributed by atoms with E-state index in [1.54, 1.807) is 5.30 Å². The van der Waals surface area contributed by atoms with Gasteiger partial charge in [0.2, 0.25) is 0 Å². The first-order chi connectivity index (χ1) is 40.4. The van der Waals surface area contributed by atoms with Crippen molar-refractivity contribution in [2.24, 2.45) is 71.0 Å². The van der Waals surface area contributed by atoms with Gasteiger partial charge in [-0.05, 0) is 226 Å². The Bertz CT molecular complexity index is 2990. The topological polar surface area (TPSA) is 205 Å². The summed E-state index contributed by atoms with van der Waals surface area (Å²) in [4.78, 5) is 88.7. The van der Waals surface area contributed by atoms with Gasteiger partial charge in [-0.3, -0.25) is 38.4 Å². The fourth-order valence-electron chi connectivity index (χ4n) is 16.6. The van der Waals surface area contributed by atoms with Gasteiger partial charge in [-0.2, -0.15) is 0 Å². The Morgan fingerprint density at radius 3 is 1.21 bits per heavy atom. The van der Waals surface area contributed by atoms with Crippen molar-refractivity contribution in [3.8, 4) is 11.1 Å². The second-order valence-corrected chi connectivity index (χ2v) is 30.0. The molecule has 17 heteroatoms. The molecule has 4 aromatic rings. The minimum atomic E-state index is -0.833. The Balaban J connectivity index is 0.000000141. The van der Waals surface area contributed by atoms with Gasteiger partial charge in [0.15, 0.2) is 0 Å². The minimum Gasteiger partial charge on any atom is -0.481 e. The van der Waals surface area contributed by atoms with E-state index < -0.39 is 11.9 Å². The van der Waals surface area contributed by atoms with E-state index in [1.807, 2.05) is 12.2 Å². The number of hydrogen-bond acceptors (Lipinski definition) is 11. The number of carboxylic acids is 2. The van der Waals surface area contributed by atoms with Gasteiger partial charge in [0.1, 0.15) is 0 Å². The van der Waals surface area contributed by atoms with Gasteiger partial charge in [0.25, 0.3) is 11.9 Å². The second-order valence-electron chi connectivity index (χ2n) is 24.8. The van der Waals surface area contributed by atoms with Crippen LogP contribution in [0.3, 0.4) is 0 Å². The van der Waals surface area contributed by atoms with Gasteiger partial charge in [-0.15, -0.1) is 0 Å². The molecule has 4 aromatic carbocycles. The van der Waals surface area contributed by atoms with Crippen LogP contribution in [-0.2, 0) is 73.0 Å². The Morgan fingerprint density at radius 2 is 0.812 bits per heavy atom. The molecule has 14 unspecified atom stereocenters. The summed E-state index contributed by atoms with van der Waals surface area (Å²) in [7, 11) is -0.0489. The first-order valence-electron chi connectivity index (χ1n) is 30.2. The largest absolute Gasteiger partial charge is 0.481 e. The first-order valence-corrected chi connectivity index (χ1v) is 33.8. The van der Waals surface area contributed by atoms with E-state index in [0.717, 1.165) is 57.3 Å². The third-order valence-corrected chi connectivity index (χ3v) is 24.8. The van der Waals surface area contributed by atoms with Crippen LogP contribution in [0, 0.1) is 85.1 Å². The number of cyclic esters (lactones) is 6. The van der Waals surface area contributed by atoms with Crippen LogP contribution >= 0.6 is 53.1 Å². The number of rotatable bonds is 6. The average Bonchev–Trinajstić information content (AvgIpc) is 1.76. The SMILES string of the molecule is CC(=O)O.CC(=O)O.Cc1ccccc1-c1ccccc1P(C1CCCCC1)C1CCCCC1.Ic1ccc(I)cc1.O=C1OC(=O)C2C3C=CC(C3)C12.O=C1OC(=O)C2C3CC(CC3c3ccc(C4CC5CC4C4C(=O)OC(=O)C54)cc3)C12.[Pd]. The molecule has 85 heavy (non-hydrogen) atoms. The molecule has 3 heterocycles. The molecular weight excluding hydrogens is 1420 g/mol. The van der Waals surface area contributed by atoms with Crippen LogP contribution in [0.15, 0.2) is 109 Å². The number of carboxylic acid groups (broad SMARTS) is 2. The molecule has 0 spiro atoms. The Hall–Kier alpha value is -4.47. The first kappa shape index (κ1) is 65.0. The fourth-order valence-corrected chi connectivity index (χ4v) is 21.3. The van der Waals surface area contributed by atoms with Crippen molar-refractivity contribution < 1.29 is 83.2 Å². The van der Waals surface area contributed by atoms with E-state index in [1.165, 1.54) is 99.2 Å². The molecule has 8 aliphatic carbocycles. The third-order valence-electron chi connectivity index (χ3n) is 19.9.